The molecule has 0 fully saturated rings. The predicted octanol–water partition coefficient (Wildman–Crippen LogP) is 2.17. The van der Waals surface area contributed by atoms with E-state index in [1.54, 1.807) is 0 Å². The second-order valence-corrected chi connectivity index (χ2v) is 4.58. The van der Waals surface area contributed by atoms with Crippen molar-refractivity contribution in [1.29, 1.82) is 0 Å². The smallest absolute Gasteiger partial charge is 0.220 e. The fourth-order valence-corrected chi connectivity index (χ4v) is 1.80. The Kier molecular flexibility index (Phi) is 4.10. The van der Waals surface area contributed by atoms with Crippen LogP contribution in [-0.2, 0) is 12.8 Å². The van der Waals surface area contributed by atoms with Crippen LogP contribution in [0.3, 0.4) is 0 Å². The molecule has 2 N–H and O–H groups in total. The normalized spacial score (nSPS) is 10.8. The molecule has 0 aliphatic heterocycles. The summed E-state index contributed by atoms with van der Waals surface area (Å²) < 4.78 is 5.58. The number of hydrogen-bond acceptors (Lipinski definition) is 4. The maximum absolute atomic E-state index is 5.58. The van der Waals surface area contributed by atoms with Gasteiger partial charge in [0.25, 0.3) is 0 Å². The van der Waals surface area contributed by atoms with Gasteiger partial charge in [0.1, 0.15) is 0 Å². The van der Waals surface area contributed by atoms with Crippen molar-refractivity contribution in [3.05, 3.63) is 46.7 Å². The maximum atomic E-state index is 5.58. The molecule has 1 aromatic heterocycles. The summed E-state index contributed by atoms with van der Waals surface area (Å²) in [5, 5.41) is 8.08. The third-order valence-electron chi connectivity index (χ3n) is 3.03. The first-order valence-corrected chi connectivity index (χ1v) is 6.26. The average Bonchev–Trinajstić information content (AvgIpc) is 2.79. The lowest BCUT2D eigenvalue weighted by Crippen LogP contribution is -2.00. The minimum Gasteiger partial charge on any atom is -0.425 e. The van der Waals surface area contributed by atoms with Gasteiger partial charge in [0, 0.05) is 6.42 Å². The van der Waals surface area contributed by atoms with Gasteiger partial charge in [-0.2, -0.15) is 0 Å². The van der Waals surface area contributed by atoms with Crippen molar-refractivity contribution in [3.63, 3.8) is 0 Å². The molecule has 4 nitrogen and oxygen atoms in total. The number of hydrogen-bond donors (Lipinski definition) is 1. The van der Waals surface area contributed by atoms with Gasteiger partial charge in [0.05, 0.1) is 6.42 Å². The van der Waals surface area contributed by atoms with E-state index in [1.807, 2.05) is 0 Å². The number of aryl methyl sites for hydroxylation is 3. The van der Waals surface area contributed by atoms with Crippen molar-refractivity contribution in [3.8, 4) is 0 Å². The van der Waals surface area contributed by atoms with Crippen molar-refractivity contribution in [1.82, 2.24) is 10.2 Å². The molecule has 0 saturated heterocycles. The zero-order chi connectivity index (χ0) is 13.0. The summed E-state index contributed by atoms with van der Waals surface area (Å²) in [5.74, 6) is 1.35. The molecule has 96 valence electrons. The summed E-state index contributed by atoms with van der Waals surface area (Å²) in [5.41, 5.74) is 9.24. The number of nitrogens with zero attached hydrogens (tertiary/aromatic N) is 2. The summed E-state index contributed by atoms with van der Waals surface area (Å²) in [7, 11) is 0. The molecule has 0 spiro atoms. The number of rotatable bonds is 5. The lowest BCUT2D eigenvalue weighted by Gasteiger charge is -2.02. The topological polar surface area (TPSA) is 64.9 Å². The van der Waals surface area contributed by atoms with E-state index in [4.69, 9.17) is 10.2 Å². The molecule has 1 aromatic carbocycles. The highest BCUT2D eigenvalue weighted by Gasteiger charge is 2.07. The van der Waals surface area contributed by atoms with Gasteiger partial charge < -0.3 is 10.2 Å². The fraction of sp³-hybridized carbons (Fsp3) is 0.429. The van der Waals surface area contributed by atoms with E-state index in [0.29, 0.717) is 24.7 Å². The van der Waals surface area contributed by atoms with Crippen molar-refractivity contribution in [2.75, 3.05) is 6.54 Å². The van der Waals surface area contributed by atoms with Crippen LogP contribution in [0.25, 0.3) is 0 Å². The average molecular weight is 245 g/mol. The molecule has 0 saturated carbocycles. The molecule has 0 atom stereocenters. The Morgan fingerprint density at radius 2 is 1.89 bits per heavy atom. The van der Waals surface area contributed by atoms with Crippen LogP contribution in [0, 0.1) is 13.8 Å². The van der Waals surface area contributed by atoms with Crippen LogP contribution >= 0.6 is 0 Å². The molecule has 0 radical (unpaired) electrons. The molecule has 0 bridgehead atoms. The number of nitrogens with two attached hydrogens (primary N) is 1. The van der Waals surface area contributed by atoms with Gasteiger partial charge in [-0.15, -0.1) is 10.2 Å². The van der Waals surface area contributed by atoms with E-state index in [2.05, 4.69) is 42.2 Å². The monoisotopic (exact) mass is 245 g/mol. The van der Waals surface area contributed by atoms with E-state index in [9.17, 15) is 0 Å². The third kappa shape index (κ3) is 3.17. The van der Waals surface area contributed by atoms with Gasteiger partial charge in [0.15, 0.2) is 0 Å². The summed E-state index contributed by atoms with van der Waals surface area (Å²) in [4.78, 5) is 0. The Labute approximate surface area is 107 Å². The quantitative estimate of drug-likeness (QED) is 0.876. The Morgan fingerprint density at radius 3 is 2.61 bits per heavy atom. The van der Waals surface area contributed by atoms with Gasteiger partial charge in [-0.3, -0.25) is 0 Å². The summed E-state index contributed by atoms with van der Waals surface area (Å²) in [6.07, 6.45) is 2.33. The van der Waals surface area contributed by atoms with Crippen LogP contribution in [0.15, 0.2) is 22.6 Å². The Balaban J connectivity index is 2.04. The second-order valence-electron chi connectivity index (χ2n) is 4.58. The molecule has 0 unspecified atom stereocenters. The highest BCUT2D eigenvalue weighted by Crippen LogP contribution is 2.14. The van der Waals surface area contributed by atoms with Crippen LogP contribution in [0.1, 0.15) is 34.9 Å². The van der Waals surface area contributed by atoms with Crippen molar-refractivity contribution >= 4 is 0 Å². The van der Waals surface area contributed by atoms with Gasteiger partial charge in [-0.05, 0) is 43.5 Å². The summed E-state index contributed by atoms with van der Waals surface area (Å²) >= 11 is 0. The summed E-state index contributed by atoms with van der Waals surface area (Å²) in [6, 6.07) is 6.39. The predicted molar refractivity (Wildman–Crippen MR) is 70.4 cm³/mol. The number of benzene rings is 1. The lowest BCUT2D eigenvalue weighted by molar-refractivity contribution is 0.453. The van der Waals surface area contributed by atoms with E-state index in [-0.39, 0.29) is 0 Å². The van der Waals surface area contributed by atoms with Crippen molar-refractivity contribution in [2.24, 2.45) is 5.73 Å². The van der Waals surface area contributed by atoms with E-state index >= 15 is 0 Å². The van der Waals surface area contributed by atoms with Gasteiger partial charge in [-0.1, -0.05) is 18.2 Å². The standard InChI is InChI=1S/C14H19N3O/c1-10-5-6-12(8-11(10)2)9-14-17-16-13(18-14)4-3-7-15/h5-6,8H,3-4,7,9,15H2,1-2H3. The van der Waals surface area contributed by atoms with Crippen LogP contribution < -0.4 is 5.73 Å². The van der Waals surface area contributed by atoms with E-state index < -0.39 is 0 Å². The van der Waals surface area contributed by atoms with Crippen molar-refractivity contribution < 1.29 is 4.42 Å². The molecular weight excluding hydrogens is 226 g/mol. The lowest BCUT2D eigenvalue weighted by atomic mass is 10.0. The molecule has 4 heteroatoms. The molecule has 2 aromatic rings. The zero-order valence-corrected chi connectivity index (χ0v) is 10.9. The molecule has 0 aliphatic carbocycles. The molecule has 0 amide bonds. The van der Waals surface area contributed by atoms with Crippen LogP contribution in [-0.4, -0.2) is 16.7 Å². The van der Waals surface area contributed by atoms with E-state index in [1.165, 1.54) is 16.7 Å². The fourth-order valence-electron chi connectivity index (χ4n) is 1.80. The first kappa shape index (κ1) is 12.8. The van der Waals surface area contributed by atoms with Crippen LogP contribution in [0.5, 0.6) is 0 Å². The van der Waals surface area contributed by atoms with Gasteiger partial charge >= 0.3 is 0 Å². The molecule has 0 aliphatic rings. The van der Waals surface area contributed by atoms with Crippen LogP contribution in [0.2, 0.25) is 0 Å². The molecular formula is C14H19N3O. The third-order valence-corrected chi connectivity index (χ3v) is 3.03. The molecule has 1 heterocycles. The van der Waals surface area contributed by atoms with Gasteiger partial charge in [-0.25, -0.2) is 0 Å². The van der Waals surface area contributed by atoms with Crippen molar-refractivity contribution in [2.45, 2.75) is 33.1 Å². The highest BCUT2D eigenvalue weighted by molar-refractivity contribution is 5.31. The number of aromatic nitrogens is 2. The minimum absolute atomic E-state index is 0.648. The highest BCUT2D eigenvalue weighted by atomic mass is 16.4. The Bertz CT molecular complexity index is 520. The minimum atomic E-state index is 0.648. The molecule has 18 heavy (non-hydrogen) atoms. The molecule has 2 rings (SSSR count). The Hall–Kier alpha value is -1.68. The SMILES string of the molecule is Cc1ccc(Cc2nnc(CCCN)o2)cc1C. The Morgan fingerprint density at radius 1 is 1.11 bits per heavy atom. The first-order valence-electron chi connectivity index (χ1n) is 6.26. The second kappa shape index (κ2) is 5.78. The van der Waals surface area contributed by atoms with Crippen LogP contribution in [0.4, 0.5) is 0 Å². The first-order chi connectivity index (χ1) is 8.69. The maximum Gasteiger partial charge on any atom is 0.220 e. The van der Waals surface area contributed by atoms with Gasteiger partial charge in [0.2, 0.25) is 11.8 Å². The largest absolute Gasteiger partial charge is 0.425 e. The summed E-state index contributed by atoms with van der Waals surface area (Å²) in [6.45, 7) is 4.87. The zero-order valence-electron chi connectivity index (χ0n) is 10.9. The van der Waals surface area contributed by atoms with E-state index in [0.717, 1.165) is 12.8 Å².